The summed E-state index contributed by atoms with van der Waals surface area (Å²) in [6, 6.07) is 9.61. The minimum Gasteiger partial charge on any atom is -0.345 e. The number of pyridine rings is 1. The zero-order chi connectivity index (χ0) is 19.0. The fourth-order valence-electron chi connectivity index (χ4n) is 2.61. The minimum absolute atomic E-state index is 0.0511. The molecule has 0 unspecified atom stereocenters. The van der Waals surface area contributed by atoms with Gasteiger partial charge in [0.05, 0.1) is 11.6 Å². The van der Waals surface area contributed by atoms with Gasteiger partial charge in [-0.2, -0.15) is 0 Å². The Balaban J connectivity index is 1.52. The van der Waals surface area contributed by atoms with Crippen LogP contribution in [-0.2, 0) is 16.6 Å². The maximum absolute atomic E-state index is 12.5. The lowest BCUT2D eigenvalue weighted by atomic mass is 10.2. The van der Waals surface area contributed by atoms with Crippen LogP contribution in [0.25, 0.3) is 5.65 Å². The van der Waals surface area contributed by atoms with E-state index in [-0.39, 0.29) is 28.1 Å². The highest BCUT2D eigenvalue weighted by atomic mass is 35.5. The van der Waals surface area contributed by atoms with Gasteiger partial charge in [0, 0.05) is 17.8 Å². The van der Waals surface area contributed by atoms with Crippen LogP contribution in [-0.4, -0.2) is 35.0 Å². The van der Waals surface area contributed by atoms with Crippen LogP contribution in [0.3, 0.4) is 0 Å². The molecule has 140 valence electrons. The minimum atomic E-state index is -3.76. The molecule has 0 saturated heterocycles. The molecule has 27 heavy (non-hydrogen) atoms. The van der Waals surface area contributed by atoms with Crippen LogP contribution >= 0.6 is 11.6 Å². The number of amides is 1. The third-order valence-electron chi connectivity index (χ3n) is 4.17. The monoisotopic (exact) mass is 405 g/mol. The number of hydrogen-bond donors (Lipinski definition) is 2. The van der Waals surface area contributed by atoms with E-state index < -0.39 is 15.9 Å². The van der Waals surface area contributed by atoms with Gasteiger partial charge >= 0.3 is 0 Å². The second kappa shape index (κ2) is 6.91. The molecule has 0 spiro atoms. The number of sulfonamides is 1. The molecule has 2 N–H and O–H groups in total. The van der Waals surface area contributed by atoms with E-state index in [0.717, 1.165) is 12.8 Å². The summed E-state index contributed by atoms with van der Waals surface area (Å²) in [7, 11) is -3.76. The maximum atomic E-state index is 12.5. The average Bonchev–Trinajstić information content (AvgIpc) is 3.35. The highest BCUT2D eigenvalue weighted by Crippen LogP contribution is 2.26. The van der Waals surface area contributed by atoms with E-state index in [4.69, 9.17) is 11.6 Å². The summed E-state index contributed by atoms with van der Waals surface area (Å²) in [5.74, 6) is 0.137. The van der Waals surface area contributed by atoms with Gasteiger partial charge in [0.25, 0.3) is 5.91 Å². The molecule has 3 aromatic rings. The van der Waals surface area contributed by atoms with Gasteiger partial charge in [0.15, 0.2) is 11.5 Å². The third kappa shape index (κ3) is 3.80. The van der Waals surface area contributed by atoms with Crippen LogP contribution in [0.4, 0.5) is 0 Å². The molecule has 1 fully saturated rings. The molecule has 0 radical (unpaired) electrons. The van der Waals surface area contributed by atoms with Crippen molar-refractivity contribution in [2.75, 3.05) is 0 Å². The SMILES string of the molecule is O=C(NCc1nnc2ccccn12)c1ccc(Cl)c(S(=O)(=O)NC2CC2)c1. The van der Waals surface area contributed by atoms with Crippen molar-refractivity contribution in [1.82, 2.24) is 24.6 Å². The molecule has 10 heteroatoms. The Labute approximate surface area is 160 Å². The van der Waals surface area contributed by atoms with Gasteiger partial charge in [-0.15, -0.1) is 10.2 Å². The predicted octanol–water partition coefficient (Wildman–Crippen LogP) is 1.75. The molecule has 1 aliphatic carbocycles. The standard InChI is InChI=1S/C17H16ClN5O3S/c18-13-7-4-11(9-14(13)27(25,26)22-12-5-6-12)17(24)19-10-16-21-20-15-3-1-2-8-23(15)16/h1-4,7-9,12,22H,5-6,10H2,(H,19,24). The summed E-state index contributed by atoms with van der Waals surface area (Å²) in [6.07, 6.45) is 3.42. The fourth-order valence-corrected chi connectivity index (χ4v) is 4.44. The smallest absolute Gasteiger partial charge is 0.251 e. The lowest BCUT2D eigenvalue weighted by Crippen LogP contribution is -2.27. The highest BCUT2D eigenvalue weighted by molar-refractivity contribution is 7.89. The van der Waals surface area contributed by atoms with E-state index in [1.165, 1.54) is 18.2 Å². The van der Waals surface area contributed by atoms with Crippen molar-refractivity contribution in [1.29, 1.82) is 0 Å². The molecule has 4 rings (SSSR count). The fraction of sp³-hybridized carbons (Fsp3) is 0.235. The normalized spacial score (nSPS) is 14.4. The summed E-state index contributed by atoms with van der Waals surface area (Å²) in [5, 5.41) is 10.9. The highest BCUT2D eigenvalue weighted by Gasteiger charge is 2.29. The predicted molar refractivity (Wildman–Crippen MR) is 99.0 cm³/mol. The van der Waals surface area contributed by atoms with Crippen LogP contribution in [0.2, 0.25) is 5.02 Å². The molecule has 8 nitrogen and oxygen atoms in total. The van der Waals surface area contributed by atoms with E-state index in [9.17, 15) is 13.2 Å². The van der Waals surface area contributed by atoms with E-state index in [1.807, 2.05) is 18.2 Å². The number of rotatable bonds is 6. The average molecular weight is 406 g/mol. The quantitative estimate of drug-likeness (QED) is 0.650. The van der Waals surface area contributed by atoms with Gasteiger partial charge in [0.2, 0.25) is 10.0 Å². The van der Waals surface area contributed by atoms with Crippen LogP contribution in [0.5, 0.6) is 0 Å². The van der Waals surface area contributed by atoms with Crippen molar-refractivity contribution >= 4 is 33.2 Å². The van der Waals surface area contributed by atoms with E-state index in [2.05, 4.69) is 20.2 Å². The summed E-state index contributed by atoms with van der Waals surface area (Å²) >= 11 is 6.04. The Hall–Kier alpha value is -2.49. The Morgan fingerprint density at radius 2 is 2.04 bits per heavy atom. The van der Waals surface area contributed by atoms with E-state index in [1.54, 1.807) is 10.6 Å². The Kier molecular flexibility index (Phi) is 4.58. The first-order chi connectivity index (χ1) is 12.9. The Morgan fingerprint density at radius 3 is 2.81 bits per heavy atom. The first-order valence-electron chi connectivity index (χ1n) is 8.33. The Morgan fingerprint density at radius 1 is 1.22 bits per heavy atom. The Bertz CT molecular complexity index is 1120. The number of carbonyl (C=O) groups is 1. The van der Waals surface area contributed by atoms with E-state index in [0.29, 0.717) is 11.5 Å². The van der Waals surface area contributed by atoms with Crippen LogP contribution in [0.1, 0.15) is 29.0 Å². The zero-order valence-electron chi connectivity index (χ0n) is 14.1. The van der Waals surface area contributed by atoms with Crippen molar-refractivity contribution in [3.8, 4) is 0 Å². The number of nitrogens with one attached hydrogen (secondary N) is 2. The molecule has 0 bridgehead atoms. The van der Waals surface area contributed by atoms with Gasteiger partial charge in [-0.05, 0) is 43.2 Å². The largest absolute Gasteiger partial charge is 0.345 e. The summed E-state index contributed by atoms with van der Waals surface area (Å²) in [6.45, 7) is 0.148. The molecule has 2 heterocycles. The van der Waals surface area contributed by atoms with Crippen molar-refractivity contribution in [2.45, 2.75) is 30.3 Å². The summed E-state index contributed by atoms with van der Waals surface area (Å²) in [4.78, 5) is 12.4. The van der Waals surface area contributed by atoms with Crippen molar-refractivity contribution in [3.05, 3.63) is 59.0 Å². The third-order valence-corrected chi connectivity index (χ3v) is 6.18. The molecule has 1 aliphatic rings. The van der Waals surface area contributed by atoms with Crippen molar-refractivity contribution in [3.63, 3.8) is 0 Å². The van der Waals surface area contributed by atoms with Crippen molar-refractivity contribution in [2.24, 2.45) is 0 Å². The molecule has 2 aromatic heterocycles. The van der Waals surface area contributed by atoms with Gasteiger partial charge in [0.1, 0.15) is 4.90 Å². The first-order valence-corrected chi connectivity index (χ1v) is 10.2. The van der Waals surface area contributed by atoms with Crippen molar-refractivity contribution < 1.29 is 13.2 Å². The molecule has 1 aromatic carbocycles. The lowest BCUT2D eigenvalue weighted by molar-refractivity contribution is 0.0949. The first kappa shape index (κ1) is 17.9. The number of carbonyl (C=O) groups excluding carboxylic acids is 1. The second-order valence-electron chi connectivity index (χ2n) is 6.27. The van der Waals surface area contributed by atoms with Crippen LogP contribution < -0.4 is 10.0 Å². The molecule has 1 amide bonds. The number of aromatic nitrogens is 3. The van der Waals surface area contributed by atoms with Gasteiger partial charge < -0.3 is 5.32 Å². The maximum Gasteiger partial charge on any atom is 0.251 e. The van der Waals surface area contributed by atoms with Gasteiger partial charge in [-0.3, -0.25) is 9.20 Å². The molecular formula is C17H16ClN5O3S. The zero-order valence-corrected chi connectivity index (χ0v) is 15.7. The molecule has 1 saturated carbocycles. The number of benzene rings is 1. The summed E-state index contributed by atoms with van der Waals surface area (Å²) < 4.78 is 29.2. The second-order valence-corrected chi connectivity index (χ2v) is 8.36. The number of halogens is 1. The number of fused-ring (bicyclic) bond motifs is 1. The van der Waals surface area contributed by atoms with E-state index >= 15 is 0 Å². The molecule has 0 atom stereocenters. The number of hydrogen-bond acceptors (Lipinski definition) is 5. The summed E-state index contributed by atoms with van der Waals surface area (Å²) in [5.41, 5.74) is 0.872. The van der Waals surface area contributed by atoms with Crippen LogP contribution in [0.15, 0.2) is 47.5 Å². The topological polar surface area (TPSA) is 105 Å². The lowest BCUT2D eigenvalue weighted by Gasteiger charge is -2.10. The number of nitrogens with zero attached hydrogens (tertiary/aromatic N) is 3. The molecular weight excluding hydrogens is 390 g/mol. The van der Waals surface area contributed by atoms with Gasteiger partial charge in [-0.1, -0.05) is 17.7 Å². The molecule has 0 aliphatic heterocycles. The van der Waals surface area contributed by atoms with Crippen LogP contribution in [0, 0.1) is 0 Å². The van der Waals surface area contributed by atoms with Gasteiger partial charge in [-0.25, -0.2) is 13.1 Å².